The normalized spacial score (nSPS) is 14.6. The molecule has 0 unspecified atom stereocenters. The van der Waals surface area contributed by atoms with E-state index in [2.05, 4.69) is 129 Å². The molecular formula is C37H29N3. The van der Waals surface area contributed by atoms with Gasteiger partial charge in [-0.15, -0.1) is 0 Å². The van der Waals surface area contributed by atoms with E-state index < -0.39 is 0 Å². The van der Waals surface area contributed by atoms with E-state index in [1.54, 1.807) is 0 Å². The van der Waals surface area contributed by atoms with Gasteiger partial charge < -0.3 is 0 Å². The summed E-state index contributed by atoms with van der Waals surface area (Å²) in [7, 11) is 0. The largest absolute Gasteiger partial charge is 0.278 e. The Bertz CT molecular complexity index is 2200. The molecule has 2 heterocycles. The Labute approximate surface area is 233 Å². The molecule has 1 aliphatic rings. The van der Waals surface area contributed by atoms with Crippen molar-refractivity contribution in [1.29, 1.82) is 0 Å². The van der Waals surface area contributed by atoms with Crippen LogP contribution in [0.5, 0.6) is 0 Å². The van der Waals surface area contributed by atoms with Crippen molar-refractivity contribution in [2.45, 2.75) is 33.1 Å². The van der Waals surface area contributed by atoms with Crippen LogP contribution in [0.4, 0.5) is 0 Å². The fourth-order valence-corrected chi connectivity index (χ4v) is 6.73. The number of fused-ring (bicyclic) bond motifs is 7. The summed E-state index contributed by atoms with van der Waals surface area (Å²) in [5, 5.41) is 6.06. The van der Waals surface area contributed by atoms with Crippen molar-refractivity contribution in [3.8, 4) is 17.2 Å². The summed E-state index contributed by atoms with van der Waals surface area (Å²) < 4.78 is 2.28. The monoisotopic (exact) mass is 515 g/mol. The van der Waals surface area contributed by atoms with Crippen molar-refractivity contribution in [3.05, 3.63) is 120 Å². The molecule has 0 N–H and O–H groups in total. The zero-order chi connectivity index (χ0) is 27.2. The van der Waals surface area contributed by atoms with Gasteiger partial charge in [0.25, 0.3) is 0 Å². The van der Waals surface area contributed by atoms with E-state index in [0.717, 1.165) is 33.2 Å². The lowest BCUT2D eigenvalue weighted by atomic mass is 9.81. The molecule has 3 heteroatoms. The van der Waals surface area contributed by atoms with Gasteiger partial charge in [-0.25, -0.2) is 9.97 Å². The lowest BCUT2D eigenvalue weighted by Gasteiger charge is -2.22. The summed E-state index contributed by atoms with van der Waals surface area (Å²) >= 11 is 0. The van der Waals surface area contributed by atoms with Crippen LogP contribution in [-0.2, 0) is 5.41 Å². The number of rotatable bonds is 2. The van der Waals surface area contributed by atoms with E-state index in [0.29, 0.717) is 5.95 Å². The van der Waals surface area contributed by atoms with Crippen LogP contribution in [0.1, 0.15) is 38.8 Å². The van der Waals surface area contributed by atoms with Gasteiger partial charge in [-0.1, -0.05) is 98.3 Å². The van der Waals surface area contributed by atoms with Crippen LogP contribution in [-0.4, -0.2) is 14.5 Å². The summed E-state index contributed by atoms with van der Waals surface area (Å²) in [6, 6.07) is 36.7. The fraction of sp³-hybridized carbons (Fsp3) is 0.135. The van der Waals surface area contributed by atoms with Gasteiger partial charge >= 0.3 is 0 Å². The number of aromatic nitrogens is 3. The molecule has 192 valence electrons. The van der Waals surface area contributed by atoms with Gasteiger partial charge in [0.05, 0.1) is 22.2 Å². The molecule has 0 saturated carbocycles. The van der Waals surface area contributed by atoms with Gasteiger partial charge in [0.1, 0.15) is 0 Å². The second kappa shape index (κ2) is 8.12. The Hall–Kier alpha value is -4.76. The average Bonchev–Trinajstić information content (AvgIpc) is 3.40. The molecule has 7 aromatic rings. The maximum atomic E-state index is 5.29. The fourth-order valence-electron chi connectivity index (χ4n) is 6.73. The standard InChI is InChI=1S/C37H29N3/c1-22-23(2)37(3,4)30-20-29-33(21-28(22)30)40(32-19-18-24-12-8-9-15-26(24)34(29)32)36-38-31-17-11-10-16-27(31)35(39-36)25-13-6-5-7-14-25/h5-21H,1-4H3. The zero-order valence-corrected chi connectivity index (χ0v) is 23.2. The second-order valence-electron chi connectivity index (χ2n) is 11.6. The Morgan fingerprint density at radius 2 is 1.38 bits per heavy atom. The van der Waals surface area contributed by atoms with Crippen molar-refractivity contribution in [2.75, 3.05) is 0 Å². The second-order valence-corrected chi connectivity index (χ2v) is 11.6. The van der Waals surface area contributed by atoms with Crippen LogP contribution < -0.4 is 0 Å². The first-order valence-electron chi connectivity index (χ1n) is 13.9. The molecule has 3 nitrogen and oxygen atoms in total. The summed E-state index contributed by atoms with van der Waals surface area (Å²) in [6.07, 6.45) is 0. The minimum absolute atomic E-state index is 0.00740. The summed E-state index contributed by atoms with van der Waals surface area (Å²) in [6.45, 7) is 9.23. The number of hydrogen-bond acceptors (Lipinski definition) is 2. The molecule has 1 aliphatic carbocycles. The van der Waals surface area contributed by atoms with Crippen LogP contribution in [0.15, 0.2) is 109 Å². The number of para-hydroxylation sites is 1. The number of allylic oxidation sites excluding steroid dienone is 2. The maximum absolute atomic E-state index is 5.29. The molecule has 0 aliphatic heterocycles. The first-order chi connectivity index (χ1) is 19.4. The molecular weight excluding hydrogens is 486 g/mol. The summed E-state index contributed by atoms with van der Waals surface area (Å²) in [4.78, 5) is 10.5. The molecule has 0 radical (unpaired) electrons. The Balaban J connectivity index is 1.55. The van der Waals surface area contributed by atoms with Crippen molar-refractivity contribution in [1.82, 2.24) is 14.5 Å². The third-order valence-corrected chi connectivity index (χ3v) is 9.21. The highest BCUT2D eigenvalue weighted by atomic mass is 15.2. The van der Waals surface area contributed by atoms with Crippen LogP contribution in [0.3, 0.4) is 0 Å². The minimum Gasteiger partial charge on any atom is -0.278 e. The lowest BCUT2D eigenvalue weighted by Crippen LogP contribution is -2.15. The van der Waals surface area contributed by atoms with Crippen LogP contribution in [0.25, 0.3) is 66.3 Å². The molecule has 0 atom stereocenters. The molecule has 0 fully saturated rings. The number of hydrogen-bond donors (Lipinski definition) is 0. The smallest absolute Gasteiger partial charge is 0.235 e. The molecule has 40 heavy (non-hydrogen) atoms. The molecule has 0 amide bonds. The first-order valence-corrected chi connectivity index (χ1v) is 13.9. The van der Waals surface area contributed by atoms with Gasteiger partial charge in [-0.3, -0.25) is 4.57 Å². The molecule has 0 spiro atoms. The minimum atomic E-state index is -0.00740. The number of benzene rings is 5. The van der Waals surface area contributed by atoms with Crippen LogP contribution in [0.2, 0.25) is 0 Å². The van der Waals surface area contributed by atoms with Gasteiger partial charge in [0, 0.05) is 27.1 Å². The lowest BCUT2D eigenvalue weighted by molar-refractivity contribution is 0.639. The van der Waals surface area contributed by atoms with E-state index in [1.165, 1.54) is 43.8 Å². The van der Waals surface area contributed by atoms with Gasteiger partial charge in [-0.2, -0.15) is 0 Å². The quantitative estimate of drug-likeness (QED) is 0.229. The highest BCUT2D eigenvalue weighted by Gasteiger charge is 2.35. The highest BCUT2D eigenvalue weighted by Crippen LogP contribution is 2.49. The Morgan fingerprint density at radius 1 is 0.650 bits per heavy atom. The van der Waals surface area contributed by atoms with Gasteiger partial charge in [0.15, 0.2) is 0 Å². The van der Waals surface area contributed by atoms with Crippen molar-refractivity contribution in [3.63, 3.8) is 0 Å². The van der Waals surface area contributed by atoms with E-state index in [4.69, 9.17) is 9.97 Å². The molecule has 0 bridgehead atoms. The summed E-state index contributed by atoms with van der Waals surface area (Å²) in [5.74, 6) is 0.698. The highest BCUT2D eigenvalue weighted by molar-refractivity contribution is 6.22. The van der Waals surface area contributed by atoms with Crippen LogP contribution in [0, 0.1) is 0 Å². The number of nitrogens with zero attached hydrogens (tertiary/aromatic N) is 3. The first kappa shape index (κ1) is 23.2. The van der Waals surface area contributed by atoms with E-state index in [-0.39, 0.29) is 5.41 Å². The maximum Gasteiger partial charge on any atom is 0.235 e. The van der Waals surface area contributed by atoms with Gasteiger partial charge in [0.2, 0.25) is 5.95 Å². The van der Waals surface area contributed by atoms with E-state index >= 15 is 0 Å². The van der Waals surface area contributed by atoms with Crippen molar-refractivity contribution >= 4 is 49.1 Å². The third-order valence-electron chi connectivity index (χ3n) is 9.21. The molecule has 2 aromatic heterocycles. The SMILES string of the molecule is CC1=C(C)C(C)(C)c2cc3c4c5ccccc5ccc4n(-c4nc(-c5ccccc5)c5ccccc5n4)c3cc21. The van der Waals surface area contributed by atoms with E-state index in [1.807, 2.05) is 6.07 Å². The molecule has 0 saturated heterocycles. The topological polar surface area (TPSA) is 30.7 Å². The van der Waals surface area contributed by atoms with Gasteiger partial charge in [-0.05, 0) is 65.6 Å². The van der Waals surface area contributed by atoms with E-state index in [9.17, 15) is 0 Å². The van der Waals surface area contributed by atoms with Crippen molar-refractivity contribution in [2.24, 2.45) is 0 Å². The van der Waals surface area contributed by atoms with Crippen LogP contribution >= 0.6 is 0 Å². The predicted octanol–water partition coefficient (Wildman–Crippen LogP) is 9.63. The average molecular weight is 516 g/mol. The molecule has 5 aromatic carbocycles. The predicted molar refractivity (Wildman–Crippen MR) is 168 cm³/mol. The summed E-state index contributed by atoms with van der Waals surface area (Å²) in [5.41, 5.74) is 10.8. The third kappa shape index (κ3) is 3.06. The Morgan fingerprint density at radius 3 is 2.20 bits per heavy atom. The Kier molecular flexibility index (Phi) is 4.70. The zero-order valence-electron chi connectivity index (χ0n) is 23.2. The van der Waals surface area contributed by atoms with Crippen molar-refractivity contribution < 1.29 is 0 Å². The molecule has 8 rings (SSSR count).